The van der Waals surface area contributed by atoms with E-state index in [2.05, 4.69) is 25.0 Å². The summed E-state index contributed by atoms with van der Waals surface area (Å²) in [4.78, 5) is 22.4. The molecule has 1 aromatic carbocycles. The minimum atomic E-state index is -4.54. The third-order valence-electron chi connectivity index (χ3n) is 5.69. The van der Waals surface area contributed by atoms with Crippen molar-refractivity contribution in [3.63, 3.8) is 0 Å². The molecule has 0 spiro atoms. The van der Waals surface area contributed by atoms with Crippen LogP contribution in [-0.2, 0) is 12.7 Å². The molecule has 166 valence electrons. The summed E-state index contributed by atoms with van der Waals surface area (Å²) in [6.07, 6.45) is -1.15. The monoisotopic (exact) mass is 435 g/mol. The smallest absolute Gasteiger partial charge is 0.351 e. The Morgan fingerprint density at radius 1 is 1.32 bits per heavy atom. The van der Waals surface area contributed by atoms with Crippen molar-refractivity contribution in [1.82, 2.24) is 25.3 Å². The molecule has 1 amide bonds. The van der Waals surface area contributed by atoms with Crippen molar-refractivity contribution in [3.8, 4) is 0 Å². The summed E-state index contributed by atoms with van der Waals surface area (Å²) in [5.74, 6) is -0.921. The van der Waals surface area contributed by atoms with Crippen LogP contribution in [0.1, 0.15) is 54.7 Å². The first-order chi connectivity index (χ1) is 14.8. The molecule has 2 N–H and O–H groups in total. The molecule has 1 fully saturated rings. The van der Waals surface area contributed by atoms with E-state index in [4.69, 9.17) is 0 Å². The zero-order valence-electron chi connectivity index (χ0n) is 17.1. The Kier molecular flexibility index (Phi) is 5.99. The summed E-state index contributed by atoms with van der Waals surface area (Å²) in [7, 11) is 0. The normalized spacial score (nSPS) is 19.6. The number of nitrogens with zero attached hydrogens (tertiary/aromatic N) is 3. The zero-order chi connectivity index (χ0) is 22.0. The SMILES string of the molecule is CCN(C(=O)c1nc2ccccc2[nH]1)[C@H]1CCC[C@@H](NCc2cc(C(F)(F)F)on2)C1. The second-order valence-electron chi connectivity index (χ2n) is 7.77. The molecule has 10 heteroatoms. The number of imidazole rings is 1. The third-order valence-corrected chi connectivity index (χ3v) is 5.69. The number of carbonyl (C=O) groups excluding carboxylic acids is 1. The largest absolute Gasteiger partial charge is 0.452 e. The van der Waals surface area contributed by atoms with Crippen molar-refractivity contribution in [2.45, 2.75) is 57.4 Å². The summed E-state index contributed by atoms with van der Waals surface area (Å²) in [6.45, 7) is 2.66. The van der Waals surface area contributed by atoms with Gasteiger partial charge in [0.15, 0.2) is 5.82 Å². The number of hydrogen-bond acceptors (Lipinski definition) is 5. The van der Waals surface area contributed by atoms with Gasteiger partial charge in [0.25, 0.3) is 5.91 Å². The number of para-hydroxylation sites is 2. The molecular weight excluding hydrogens is 411 g/mol. The van der Waals surface area contributed by atoms with Crippen molar-refractivity contribution >= 4 is 16.9 Å². The molecule has 7 nitrogen and oxygen atoms in total. The molecule has 2 heterocycles. The van der Waals surface area contributed by atoms with Gasteiger partial charge in [-0.05, 0) is 44.7 Å². The van der Waals surface area contributed by atoms with Crippen molar-refractivity contribution in [3.05, 3.63) is 47.6 Å². The molecule has 1 aliphatic rings. The van der Waals surface area contributed by atoms with Gasteiger partial charge < -0.3 is 19.7 Å². The Morgan fingerprint density at radius 2 is 2.13 bits per heavy atom. The van der Waals surface area contributed by atoms with Gasteiger partial charge in [-0.15, -0.1) is 0 Å². The molecule has 0 saturated heterocycles. The highest BCUT2D eigenvalue weighted by Crippen LogP contribution is 2.30. The first-order valence-corrected chi connectivity index (χ1v) is 10.4. The first-order valence-electron chi connectivity index (χ1n) is 10.4. The molecule has 0 unspecified atom stereocenters. The van der Waals surface area contributed by atoms with Gasteiger partial charge in [-0.25, -0.2) is 4.98 Å². The maximum absolute atomic E-state index is 13.1. The third kappa shape index (κ3) is 4.73. The zero-order valence-corrected chi connectivity index (χ0v) is 17.1. The highest BCUT2D eigenvalue weighted by molar-refractivity contribution is 5.94. The number of benzene rings is 1. The Labute approximate surface area is 177 Å². The van der Waals surface area contributed by atoms with Gasteiger partial charge in [0.1, 0.15) is 0 Å². The highest BCUT2D eigenvalue weighted by atomic mass is 19.4. The van der Waals surface area contributed by atoms with E-state index in [1.165, 1.54) is 0 Å². The van der Waals surface area contributed by atoms with Crippen molar-refractivity contribution < 1.29 is 22.5 Å². The number of amides is 1. The molecule has 0 radical (unpaired) electrons. The number of aromatic nitrogens is 3. The molecule has 1 saturated carbocycles. The fraction of sp³-hybridized carbons (Fsp3) is 0.476. The Morgan fingerprint density at radius 3 is 2.84 bits per heavy atom. The average molecular weight is 435 g/mol. The standard InChI is InChI=1S/C21H24F3N5O2/c1-2-29(20(30)19-26-16-8-3-4-9-17(16)27-19)15-7-5-6-13(10-15)25-12-14-11-18(31-28-14)21(22,23)24/h3-4,8-9,11,13,15,25H,2,5-7,10,12H2,1H3,(H,26,27)/t13-,15+/m1/s1. The summed E-state index contributed by atoms with van der Waals surface area (Å²) >= 11 is 0. The van der Waals surface area contributed by atoms with Crippen molar-refractivity contribution in [1.29, 1.82) is 0 Å². The number of aromatic amines is 1. The van der Waals surface area contributed by atoms with Crippen LogP contribution >= 0.6 is 0 Å². The van der Waals surface area contributed by atoms with E-state index in [1.807, 2.05) is 36.1 Å². The van der Waals surface area contributed by atoms with E-state index in [0.29, 0.717) is 18.8 Å². The van der Waals surface area contributed by atoms with Crippen LogP contribution in [0.3, 0.4) is 0 Å². The van der Waals surface area contributed by atoms with E-state index in [9.17, 15) is 18.0 Å². The van der Waals surface area contributed by atoms with Crippen LogP contribution in [0, 0.1) is 0 Å². The summed E-state index contributed by atoms with van der Waals surface area (Å²) in [6, 6.07) is 8.51. The van der Waals surface area contributed by atoms with Gasteiger partial charge in [0, 0.05) is 31.2 Å². The van der Waals surface area contributed by atoms with Gasteiger partial charge >= 0.3 is 6.18 Å². The van der Waals surface area contributed by atoms with Crippen LogP contribution in [0.4, 0.5) is 13.2 Å². The maximum atomic E-state index is 13.1. The Balaban J connectivity index is 1.39. The van der Waals surface area contributed by atoms with Gasteiger partial charge in [-0.1, -0.05) is 17.3 Å². The number of carbonyl (C=O) groups is 1. The molecule has 0 bridgehead atoms. The van der Waals surface area contributed by atoms with Crippen molar-refractivity contribution in [2.75, 3.05) is 6.54 Å². The van der Waals surface area contributed by atoms with Gasteiger partial charge in [-0.2, -0.15) is 13.2 Å². The first kappa shape index (κ1) is 21.4. The molecule has 4 rings (SSSR count). The van der Waals surface area contributed by atoms with Crippen LogP contribution in [0.5, 0.6) is 0 Å². The van der Waals surface area contributed by atoms with Gasteiger partial charge in [0.05, 0.1) is 16.7 Å². The minimum Gasteiger partial charge on any atom is -0.351 e. The molecule has 2 aromatic heterocycles. The molecular formula is C21H24F3N5O2. The number of fused-ring (bicyclic) bond motifs is 1. The molecule has 31 heavy (non-hydrogen) atoms. The minimum absolute atomic E-state index is 0.0278. The van der Waals surface area contributed by atoms with Crippen LogP contribution in [0.25, 0.3) is 11.0 Å². The molecule has 0 aliphatic heterocycles. The Hall–Kier alpha value is -2.88. The number of H-pyrrole nitrogens is 1. The second-order valence-corrected chi connectivity index (χ2v) is 7.77. The average Bonchev–Trinajstić information content (AvgIpc) is 3.40. The van der Waals surface area contributed by atoms with E-state index >= 15 is 0 Å². The van der Waals surface area contributed by atoms with Crippen molar-refractivity contribution in [2.24, 2.45) is 0 Å². The number of alkyl halides is 3. The van der Waals surface area contributed by atoms with Crippen LogP contribution < -0.4 is 5.32 Å². The summed E-state index contributed by atoms with van der Waals surface area (Å²) in [5, 5.41) is 6.75. The summed E-state index contributed by atoms with van der Waals surface area (Å²) < 4.78 is 42.4. The van der Waals surface area contributed by atoms with E-state index in [0.717, 1.165) is 36.4 Å². The lowest BCUT2D eigenvalue weighted by atomic mass is 9.89. The quantitative estimate of drug-likeness (QED) is 0.608. The number of nitrogens with one attached hydrogen (secondary N) is 2. The Bertz CT molecular complexity index is 1010. The lowest BCUT2D eigenvalue weighted by Gasteiger charge is -2.37. The lowest BCUT2D eigenvalue weighted by molar-refractivity contribution is -0.155. The number of hydrogen-bond donors (Lipinski definition) is 2. The van der Waals surface area contributed by atoms with E-state index in [-0.39, 0.29) is 30.2 Å². The second kappa shape index (κ2) is 8.70. The van der Waals surface area contributed by atoms with Gasteiger partial charge in [-0.3, -0.25) is 4.79 Å². The number of halogens is 3. The summed E-state index contributed by atoms with van der Waals surface area (Å²) in [5.41, 5.74) is 1.77. The topological polar surface area (TPSA) is 87.0 Å². The lowest BCUT2D eigenvalue weighted by Crippen LogP contribution is -2.47. The van der Waals surface area contributed by atoms with Crippen LogP contribution in [0.15, 0.2) is 34.9 Å². The van der Waals surface area contributed by atoms with Gasteiger partial charge in [0.2, 0.25) is 5.76 Å². The van der Waals surface area contributed by atoms with Crippen LogP contribution in [-0.4, -0.2) is 44.6 Å². The highest BCUT2D eigenvalue weighted by Gasteiger charge is 2.36. The number of rotatable bonds is 6. The fourth-order valence-electron chi connectivity index (χ4n) is 4.17. The van der Waals surface area contributed by atoms with E-state index < -0.39 is 11.9 Å². The molecule has 1 aliphatic carbocycles. The van der Waals surface area contributed by atoms with E-state index in [1.54, 1.807) is 0 Å². The maximum Gasteiger partial charge on any atom is 0.452 e. The van der Waals surface area contributed by atoms with Crippen LogP contribution in [0.2, 0.25) is 0 Å². The molecule has 3 aromatic rings. The predicted octanol–water partition coefficient (Wildman–Crippen LogP) is 4.13. The predicted molar refractivity (Wildman–Crippen MR) is 107 cm³/mol. The molecule has 2 atom stereocenters. The fourth-order valence-corrected chi connectivity index (χ4v) is 4.17.